The molecule has 1 aliphatic carbocycles. The Morgan fingerprint density at radius 3 is 3.06 bits per heavy atom. The van der Waals surface area contributed by atoms with Gasteiger partial charge in [0, 0.05) is 6.61 Å². The molecule has 0 unspecified atom stereocenters. The van der Waals surface area contributed by atoms with Crippen LogP contribution in [0.25, 0.3) is 0 Å². The third-order valence-electron chi connectivity index (χ3n) is 2.63. The van der Waals surface area contributed by atoms with Crippen molar-refractivity contribution >= 4 is 5.91 Å². The predicted octanol–water partition coefficient (Wildman–Crippen LogP) is 1.20. The zero-order chi connectivity index (χ0) is 11.4. The molecule has 1 fully saturated rings. The van der Waals surface area contributed by atoms with Gasteiger partial charge in [-0.25, -0.2) is 5.84 Å². The predicted molar refractivity (Wildman–Crippen MR) is 57.4 cm³/mol. The molecule has 16 heavy (non-hydrogen) atoms. The molecule has 88 valence electrons. The summed E-state index contributed by atoms with van der Waals surface area (Å²) in [6, 6.07) is 3.31. The Labute approximate surface area is 93.9 Å². The summed E-state index contributed by atoms with van der Waals surface area (Å²) in [5, 5.41) is 0. The Morgan fingerprint density at radius 2 is 2.38 bits per heavy atom. The minimum atomic E-state index is -0.427. The van der Waals surface area contributed by atoms with E-state index in [2.05, 4.69) is 0 Å². The van der Waals surface area contributed by atoms with Crippen LogP contribution in [0.3, 0.4) is 0 Å². The molecule has 0 spiro atoms. The van der Waals surface area contributed by atoms with Gasteiger partial charge in [-0.1, -0.05) is 12.8 Å². The molecule has 0 bridgehead atoms. The quantitative estimate of drug-likeness (QED) is 0.329. The largest absolute Gasteiger partial charge is 0.453 e. The molecule has 5 nitrogen and oxygen atoms in total. The summed E-state index contributed by atoms with van der Waals surface area (Å²) in [6.45, 7) is 1.16. The molecule has 0 aromatic carbocycles. The molecule has 1 heterocycles. The van der Waals surface area contributed by atoms with Crippen molar-refractivity contribution in [2.24, 2.45) is 11.8 Å². The van der Waals surface area contributed by atoms with Crippen LogP contribution in [0.5, 0.6) is 0 Å². The molecule has 1 aromatic rings. The molecule has 0 atom stereocenters. The number of nitrogen functional groups attached to an aromatic ring is 1. The summed E-state index contributed by atoms with van der Waals surface area (Å²) >= 11 is 0. The Hall–Kier alpha value is -1.33. The standard InChI is InChI=1S/C11H16N2O3/c12-13-11(14)10-4-3-9(16-10)7-15-6-5-8-1-2-8/h3-4,8H,1-2,5-7,12H2,(H,13,14). The van der Waals surface area contributed by atoms with Crippen molar-refractivity contribution in [1.29, 1.82) is 0 Å². The number of hydrogen-bond donors (Lipinski definition) is 2. The second-order valence-corrected chi connectivity index (χ2v) is 4.02. The SMILES string of the molecule is NNC(=O)c1ccc(COCCC2CC2)o1. The molecule has 0 aliphatic heterocycles. The Balaban J connectivity index is 1.71. The van der Waals surface area contributed by atoms with Crippen molar-refractivity contribution in [2.75, 3.05) is 6.61 Å². The highest BCUT2D eigenvalue weighted by Gasteiger charge is 2.20. The van der Waals surface area contributed by atoms with Crippen LogP contribution in [-0.4, -0.2) is 12.5 Å². The average Bonchev–Trinajstić information content (AvgIpc) is 3.01. The van der Waals surface area contributed by atoms with E-state index in [4.69, 9.17) is 15.0 Å². The van der Waals surface area contributed by atoms with Gasteiger partial charge in [0.25, 0.3) is 0 Å². The summed E-state index contributed by atoms with van der Waals surface area (Å²) in [6.07, 6.45) is 3.80. The lowest BCUT2D eigenvalue weighted by atomic mass is 10.3. The van der Waals surface area contributed by atoms with Crippen LogP contribution in [0.15, 0.2) is 16.5 Å². The molecule has 2 rings (SSSR count). The van der Waals surface area contributed by atoms with Crippen molar-refractivity contribution in [3.63, 3.8) is 0 Å². The number of nitrogens with one attached hydrogen (secondary N) is 1. The van der Waals surface area contributed by atoms with Crippen LogP contribution >= 0.6 is 0 Å². The number of carbonyl (C=O) groups is 1. The molecule has 0 radical (unpaired) electrons. The van der Waals surface area contributed by atoms with Gasteiger partial charge >= 0.3 is 5.91 Å². The van der Waals surface area contributed by atoms with Crippen LogP contribution in [0.1, 0.15) is 35.6 Å². The van der Waals surface area contributed by atoms with Gasteiger partial charge < -0.3 is 9.15 Å². The second kappa shape index (κ2) is 5.14. The molecule has 1 aliphatic rings. The fraction of sp³-hybridized carbons (Fsp3) is 0.545. The molecule has 3 N–H and O–H groups in total. The van der Waals surface area contributed by atoms with Crippen LogP contribution in [-0.2, 0) is 11.3 Å². The number of hydrogen-bond acceptors (Lipinski definition) is 4. The first kappa shape index (κ1) is 11.2. The highest BCUT2D eigenvalue weighted by atomic mass is 16.5. The maximum absolute atomic E-state index is 11.1. The van der Waals surface area contributed by atoms with Gasteiger partial charge in [-0.3, -0.25) is 10.2 Å². The van der Waals surface area contributed by atoms with E-state index in [9.17, 15) is 4.79 Å². The molecule has 5 heteroatoms. The lowest BCUT2D eigenvalue weighted by Crippen LogP contribution is -2.29. The maximum Gasteiger partial charge on any atom is 0.300 e. The average molecular weight is 224 g/mol. The van der Waals surface area contributed by atoms with Gasteiger partial charge in [-0.15, -0.1) is 0 Å². The van der Waals surface area contributed by atoms with Crippen molar-refractivity contribution in [3.05, 3.63) is 23.7 Å². The second-order valence-electron chi connectivity index (χ2n) is 4.02. The van der Waals surface area contributed by atoms with E-state index < -0.39 is 5.91 Å². The number of furan rings is 1. The molecule has 1 saturated carbocycles. The van der Waals surface area contributed by atoms with Gasteiger partial charge in [-0.2, -0.15) is 0 Å². The zero-order valence-corrected chi connectivity index (χ0v) is 9.07. The summed E-state index contributed by atoms with van der Waals surface area (Å²) in [5.41, 5.74) is 2.01. The van der Waals surface area contributed by atoms with Crippen molar-refractivity contribution in [2.45, 2.75) is 25.9 Å². The van der Waals surface area contributed by atoms with E-state index in [0.29, 0.717) is 12.4 Å². The van der Waals surface area contributed by atoms with Crippen molar-refractivity contribution < 1.29 is 13.9 Å². The topological polar surface area (TPSA) is 77.5 Å². The van der Waals surface area contributed by atoms with Crippen molar-refractivity contribution in [1.82, 2.24) is 5.43 Å². The van der Waals surface area contributed by atoms with Crippen LogP contribution in [0.2, 0.25) is 0 Å². The maximum atomic E-state index is 11.1. The third kappa shape index (κ3) is 3.08. The molecule has 1 aromatic heterocycles. The van der Waals surface area contributed by atoms with E-state index in [1.165, 1.54) is 12.8 Å². The molecule has 1 amide bonds. The van der Waals surface area contributed by atoms with Gasteiger partial charge in [-0.05, 0) is 24.5 Å². The summed E-state index contributed by atoms with van der Waals surface area (Å²) in [4.78, 5) is 11.1. The van der Waals surface area contributed by atoms with E-state index >= 15 is 0 Å². The number of rotatable bonds is 6. The van der Waals surface area contributed by atoms with Crippen molar-refractivity contribution in [3.8, 4) is 0 Å². The number of nitrogens with two attached hydrogens (primary N) is 1. The van der Waals surface area contributed by atoms with Crippen LogP contribution in [0, 0.1) is 5.92 Å². The minimum absolute atomic E-state index is 0.211. The smallest absolute Gasteiger partial charge is 0.300 e. The van der Waals surface area contributed by atoms with Gasteiger partial charge in [0.2, 0.25) is 0 Å². The fourth-order valence-corrected chi connectivity index (χ4v) is 1.48. The van der Waals surface area contributed by atoms with Gasteiger partial charge in [0.05, 0.1) is 0 Å². The summed E-state index contributed by atoms with van der Waals surface area (Å²) < 4.78 is 10.7. The number of carbonyl (C=O) groups excluding carboxylic acids is 1. The van der Waals surface area contributed by atoms with Crippen LogP contribution < -0.4 is 11.3 Å². The first-order chi connectivity index (χ1) is 7.79. The highest BCUT2D eigenvalue weighted by molar-refractivity contribution is 5.90. The molecular formula is C11H16N2O3. The molecular weight excluding hydrogens is 208 g/mol. The van der Waals surface area contributed by atoms with E-state index in [0.717, 1.165) is 18.9 Å². The number of ether oxygens (including phenoxy) is 1. The van der Waals surface area contributed by atoms with E-state index in [1.807, 2.05) is 5.43 Å². The van der Waals surface area contributed by atoms with Gasteiger partial charge in [0.1, 0.15) is 12.4 Å². The summed E-state index contributed by atoms with van der Waals surface area (Å²) in [7, 11) is 0. The Kier molecular flexibility index (Phi) is 3.58. The first-order valence-corrected chi connectivity index (χ1v) is 5.47. The number of hydrazine groups is 1. The lowest BCUT2D eigenvalue weighted by Gasteiger charge is -2.00. The highest BCUT2D eigenvalue weighted by Crippen LogP contribution is 2.32. The Bertz CT molecular complexity index is 358. The van der Waals surface area contributed by atoms with E-state index in [-0.39, 0.29) is 5.76 Å². The minimum Gasteiger partial charge on any atom is -0.453 e. The Morgan fingerprint density at radius 1 is 1.56 bits per heavy atom. The lowest BCUT2D eigenvalue weighted by molar-refractivity contribution is 0.0885. The molecule has 0 saturated heterocycles. The number of amides is 1. The summed E-state index contributed by atoms with van der Waals surface area (Å²) in [5.74, 6) is 6.29. The zero-order valence-electron chi connectivity index (χ0n) is 9.07. The third-order valence-corrected chi connectivity index (χ3v) is 2.63. The monoisotopic (exact) mass is 224 g/mol. The normalized spacial score (nSPS) is 15.1. The fourth-order valence-electron chi connectivity index (χ4n) is 1.48. The van der Waals surface area contributed by atoms with E-state index in [1.54, 1.807) is 12.1 Å². The first-order valence-electron chi connectivity index (χ1n) is 5.47. The van der Waals surface area contributed by atoms with Crippen LogP contribution in [0.4, 0.5) is 0 Å². The van der Waals surface area contributed by atoms with Gasteiger partial charge in [0.15, 0.2) is 5.76 Å².